The summed E-state index contributed by atoms with van der Waals surface area (Å²) in [6.45, 7) is 0. The van der Waals surface area contributed by atoms with Crippen LogP contribution in [0.5, 0.6) is 0 Å². The average molecular weight is 440 g/mol. The Hall–Kier alpha value is -0.890. The van der Waals surface area contributed by atoms with E-state index in [4.69, 9.17) is 16.4 Å². The normalized spacial score (nSPS) is 10.2. The van der Waals surface area contributed by atoms with E-state index in [1.54, 1.807) is 18.2 Å². The van der Waals surface area contributed by atoms with Gasteiger partial charge in [-0.1, -0.05) is 11.6 Å². The maximum atomic E-state index is 11.7. The summed E-state index contributed by atoms with van der Waals surface area (Å²) in [6, 6.07) is 7.82. The number of amides is 1. The number of hydrogen-bond acceptors (Lipinski definition) is 4. The summed E-state index contributed by atoms with van der Waals surface area (Å²) in [5, 5.41) is 0.520. The largest absolute Gasteiger partial charge is 0.372 e. The molecule has 0 saturated carbocycles. The predicted molar refractivity (Wildman–Crippen MR) is 84.1 cm³/mol. The molecule has 1 heterocycles. The summed E-state index contributed by atoms with van der Waals surface area (Å²) in [7, 11) is 0. The number of halogens is 3. The zero-order valence-corrected chi connectivity index (χ0v) is 14.4. The van der Waals surface area contributed by atoms with E-state index in [1.807, 2.05) is 0 Å². The highest BCUT2D eigenvalue weighted by Gasteiger charge is 2.15. The van der Waals surface area contributed by atoms with Crippen LogP contribution in [0.25, 0.3) is 0 Å². The lowest BCUT2D eigenvalue weighted by Crippen LogP contribution is -2.26. The number of rotatable bonds is 2. The van der Waals surface area contributed by atoms with Gasteiger partial charge in [0.2, 0.25) is 0 Å². The Labute approximate surface area is 140 Å². The van der Waals surface area contributed by atoms with Gasteiger partial charge in [0.05, 0.1) is 3.79 Å². The summed E-state index contributed by atoms with van der Waals surface area (Å²) in [4.78, 5) is 28.5. The lowest BCUT2D eigenvalue weighted by Gasteiger charge is -2.04. The summed E-state index contributed by atoms with van der Waals surface area (Å²) in [5.74, 6) is -1.16. The van der Waals surface area contributed by atoms with Crippen molar-refractivity contribution in [3.63, 3.8) is 0 Å². The van der Waals surface area contributed by atoms with Crippen LogP contribution in [0.2, 0.25) is 5.02 Å². The number of hydrogen-bond donors (Lipinski definition) is 1. The van der Waals surface area contributed by atoms with Crippen LogP contribution in [0.3, 0.4) is 0 Å². The lowest BCUT2D eigenvalue weighted by atomic mass is 10.2. The van der Waals surface area contributed by atoms with Gasteiger partial charge in [0.15, 0.2) is 0 Å². The van der Waals surface area contributed by atoms with Gasteiger partial charge in [-0.05, 0) is 62.2 Å². The Morgan fingerprint density at radius 1 is 1.20 bits per heavy atom. The van der Waals surface area contributed by atoms with Crippen molar-refractivity contribution >= 4 is 66.7 Å². The van der Waals surface area contributed by atoms with Crippen LogP contribution >= 0.6 is 54.8 Å². The Balaban J connectivity index is 1.96. The molecule has 8 heteroatoms. The smallest absolute Gasteiger partial charge is 0.334 e. The summed E-state index contributed by atoms with van der Waals surface area (Å²) in [6.07, 6.45) is 0. The van der Waals surface area contributed by atoms with Gasteiger partial charge >= 0.3 is 5.97 Å². The Morgan fingerprint density at radius 3 is 2.40 bits per heavy atom. The fraction of sp³-hybridized carbons (Fsp3) is 0. The molecule has 0 unspecified atom stereocenters. The molecule has 1 aromatic carbocycles. The van der Waals surface area contributed by atoms with Crippen molar-refractivity contribution in [2.75, 3.05) is 0 Å². The number of nitrogens with one attached hydrogen (secondary N) is 1. The fourth-order valence-electron chi connectivity index (χ4n) is 1.25. The Bertz CT molecular complexity index is 638. The van der Waals surface area contributed by atoms with E-state index in [9.17, 15) is 9.59 Å². The quantitative estimate of drug-likeness (QED) is 0.705. The van der Waals surface area contributed by atoms with Gasteiger partial charge < -0.3 is 4.84 Å². The third kappa shape index (κ3) is 3.82. The van der Waals surface area contributed by atoms with Crippen molar-refractivity contribution in [1.82, 2.24) is 5.48 Å². The van der Waals surface area contributed by atoms with Crippen LogP contribution in [0, 0.1) is 0 Å². The van der Waals surface area contributed by atoms with Crippen molar-refractivity contribution in [3.05, 3.63) is 54.1 Å². The van der Waals surface area contributed by atoms with E-state index in [-0.39, 0.29) is 0 Å². The standard InChI is InChI=1S/C12H6Br2ClNO3S/c13-8-5-9(20-10(8)14)12(18)19-16-11(17)6-1-3-7(15)4-2-6/h1-5H,(H,16,17). The molecule has 0 atom stereocenters. The number of hydroxylamine groups is 1. The van der Waals surface area contributed by atoms with Gasteiger partial charge in [-0.3, -0.25) is 4.79 Å². The number of carbonyl (C=O) groups is 2. The van der Waals surface area contributed by atoms with Crippen LogP contribution in [-0.2, 0) is 4.84 Å². The molecule has 1 aromatic heterocycles. The summed E-state index contributed by atoms with van der Waals surface area (Å²) >= 11 is 13.5. The van der Waals surface area contributed by atoms with Crippen molar-refractivity contribution in [2.24, 2.45) is 0 Å². The van der Waals surface area contributed by atoms with E-state index in [1.165, 1.54) is 23.5 Å². The first-order chi connectivity index (χ1) is 9.47. The summed E-state index contributed by atoms with van der Waals surface area (Å²) in [5.41, 5.74) is 2.43. The highest BCUT2D eigenvalue weighted by Crippen LogP contribution is 2.32. The van der Waals surface area contributed by atoms with Gasteiger partial charge in [-0.25, -0.2) is 4.79 Å². The maximum Gasteiger partial charge on any atom is 0.372 e. The maximum absolute atomic E-state index is 11.7. The first kappa shape index (κ1) is 15.5. The average Bonchev–Trinajstić information content (AvgIpc) is 2.76. The molecule has 0 aliphatic rings. The third-order valence-corrected chi connectivity index (χ3v) is 5.68. The highest BCUT2D eigenvalue weighted by atomic mass is 79.9. The Kier molecular flexibility index (Phi) is 5.20. The van der Waals surface area contributed by atoms with Crippen molar-refractivity contribution < 1.29 is 14.4 Å². The lowest BCUT2D eigenvalue weighted by molar-refractivity contribution is 0.0235. The fourth-order valence-corrected chi connectivity index (χ4v) is 3.29. The van der Waals surface area contributed by atoms with E-state index in [0.717, 1.165) is 8.26 Å². The van der Waals surface area contributed by atoms with Crippen LogP contribution in [-0.4, -0.2) is 11.9 Å². The van der Waals surface area contributed by atoms with Crippen molar-refractivity contribution in [2.45, 2.75) is 0 Å². The molecule has 4 nitrogen and oxygen atoms in total. The predicted octanol–water partition coefficient (Wildman–Crippen LogP) is 4.43. The van der Waals surface area contributed by atoms with Crippen molar-refractivity contribution in [3.8, 4) is 0 Å². The minimum absolute atomic E-state index is 0.343. The minimum atomic E-state index is -0.635. The van der Waals surface area contributed by atoms with Crippen molar-refractivity contribution in [1.29, 1.82) is 0 Å². The second-order valence-corrected chi connectivity index (χ2v) is 7.22. The van der Waals surface area contributed by atoms with E-state index in [2.05, 4.69) is 37.3 Å². The molecule has 2 rings (SSSR count). The number of benzene rings is 1. The second kappa shape index (κ2) is 6.71. The van der Waals surface area contributed by atoms with Gasteiger partial charge in [0.25, 0.3) is 5.91 Å². The SMILES string of the molecule is O=C(NOC(=O)c1cc(Br)c(Br)s1)c1ccc(Cl)cc1. The van der Waals surface area contributed by atoms with Crippen LogP contribution < -0.4 is 5.48 Å². The van der Waals surface area contributed by atoms with Crippen LogP contribution in [0.1, 0.15) is 20.0 Å². The third-order valence-electron chi connectivity index (χ3n) is 2.19. The van der Waals surface area contributed by atoms with Gasteiger partial charge in [-0.2, -0.15) is 5.48 Å². The monoisotopic (exact) mass is 437 g/mol. The van der Waals surface area contributed by atoms with E-state index < -0.39 is 11.9 Å². The summed E-state index contributed by atoms with van der Waals surface area (Å²) < 4.78 is 1.52. The molecular weight excluding hydrogens is 433 g/mol. The molecule has 104 valence electrons. The molecule has 0 aliphatic carbocycles. The van der Waals surface area contributed by atoms with E-state index >= 15 is 0 Å². The van der Waals surface area contributed by atoms with E-state index in [0.29, 0.717) is 15.5 Å². The molecule has 0 fully saturated rings. The van der Waals surface area contributed by atoms with Crippen LogP contribution in [0.4, 0.5) is 0 Å². The number of thiophene rings is 1. The zero-order valence-electron chi connectivity index (χ0n) is 9.65. The Morgan fingerprint density at radius 2 is 1.85 bits per heavy atom. The molecule has 0 saturated heterocycles. The molecule has 1 N–H and O–H groups in total. The molecule has 0 spiro atoms. The van der Waals surface area contributed by atoms with Crippen LogP contribution in [0.15, 0.2) is 38.6 Å². The zero-order chi connectivity index (χ0) is 14.7. The molecular formula is C12H6Br2ClNO3S. The molecule has 0 radical (unpaired) electrons. The topological polar surface area (TPSA) is 55.4 Å². The number of carbonyl (C=O) groups excluding carboxylic acids is 2. The van der Waals surface area contributed by atoms with Gasteiger partial charge in [-0.15, -0.1) is 11.3 Å². The van der Waals surface area contributed by atoms with Gasteiger partial charge in [0, 0.05) is 15.1 Å². The minimum Gasteiger partial charge on any atom is -0.334 e. The first-order valence-corrected chi connectivity index (χ1v) is 7.97. The second-order valence-electron chi connectivity index (χ2n) is 3.56. The molecule has 0 bridgehead atoms. The first-order valence-electron chi connectivity index (χ1n) is 5.19. The highest BCUT2D eigenvalue weighted by molar-refractivity contribution is 9.13. The van der Waals surface area contributed by atoms with Gasteiger partial charge in [0.1, 0.15) is 4.88 Å². The molecule has 20 heavy (non-hydrogen) atoms. The molecule has 2 aromatic rings. The molecule has 1 amide bonds. The molecule has 0 aliphatic heterocycles.